The lowest BCUT2D eigenvalue weighted by Crippen LogP contribution is -2.33. The van der Waals surface area contributed by atoms with Crippen molar-refractivity contribution in [1.82, 2.24) is 9.78 Å². The van der Waals surface area contributed by atoms with Gasteiger partial charge in [-0.1, -0.05) is 32.1 Å². The van der Waals surface area contributed by atoms with Crippen LogP contribution in [0.3, 0.4) is 0 Å². The SMILES string of the molecule is CCn1nc(C)cc1CC(N)C1CCCCCCC1. The first kappa shape index (κ1) is 14.6. The molecule has 1 heterocycles. The lowest BCUT2D eigenvalue weighted by atomic mass is 9.84. The van der Waals surface area contributed by atoms with Gasteiger partial charge in [-0.15, -0.1) is 0 Å². The lowest BCUT2D eigenvalue weighted by molar-refractivity contribution is 0.318. The molecule has 1 aliphatic rings. The average Bonchev–Trinajstić information content (AvgIpc) is 2.68. The Kier molecular flexibility index (Phi) is 5.44. The molecule has 0 saturated heterocycles. The van der Waals surface area contributed by atoms with Gasteiger partial charge in [0.25, 0.3) is 0 Å². The van der Waals surface area contributed by atoms with Gasteiger partial charge in [-0.25, -0.2) is 0 Å². The summed E-state index contributed by atoms with van der Waals surface area (Å²) < 4.78 is 2.11. The number of rotatable bonds is 4. The van der Waals surface area contributed by atoms with E-state index in [0.717, 1.165) is 18.7 Å². The van der Waals surface area contributed by atoms with Gasteiger partial charge in [-0.3, -0.25) is 4.68 Å². The van der Waals surface area contributed by atoms with Gasteiger partial charge in [0.05, 0.1) is 5.69 Å². The Hall–Kier alpha value is -0.830. The molecule has 1 atom stereocenters. The van der Waals surface area contributed by atoms with Gasteiger partial charge >= 0.3 is 0 Å². The molecule has 3 heteroatoms. The number of aryl methyl sites for hydroxylation is 2. The molecule has 1 unspecified atom stereocenters. The zero-order valence-corrected chi connectivity index (χ0v) is 12.6. The maximum Gasteiger partial charge on any atom is 0.0596 e. The fraction of sp³-hybridized carbons (Fsp3) is 0.812. The summed E-state index contributed by atoms with van der Waals surface area (Å²) in [6.07, 6.45) is 10.6. The maximum absolute atomic E-state index is 6.49. The Labute approximate surface area is 117 Å². The minimum atomic E-state index is 0.305. The van der Waals surface area contributed by atoms with Crippen LogP contribution in [-0.2, 0) is 13.0 Å². The van der Waals surface area contributed by atoms with Crippen LogP contribution in [0.2, 0.25) is 0 Å². The first-order valence-corrected chi connectivity index (χ1v) is 7.99. The van der Waals surface area contributed by atoms with Crippen molar-refractivity contribution in [2.24, 2.45) is 11.7 Å². The molecule has 1 saturated carbocycles. The number of hydrogen-bond donors (Lipinski definition) is 1. The van der Waals surface area contributed by atoms with Gasteiger partial charge in [0.15, 0.2) is 0 Å². The second-order valence-corrected chi connectivity index (χ2v) is 6.07. The molecule has 0 aliphatic heterocycles. The van der Waals surface area contributed by atoms with E-state index in [1.165, 1.54) is 50.6 Å². The van der Waals surface area contributed by atoms with Crippen molar-refractivity contribution in [3.05, 3.63) is 17.5 Å². The number of nitrogens with two attached hydrogens (primary N) is 1. The van der Waals surface area contributed by atoms with Crippen molar-refractivity contribution in [2.45, 2.75) is 77.8 Å². The van der Waals surface area contributed by atoms with E-state index in [4.69, 9.17) is 5.73 Å². The normalized spacial score (nSPS) is 19.9. The van der Waals surface area contributed by atoms with Gasteiger partial charge in [0, 0.05) is 24.7 Å². The van der Waals surface area contributed by atoms with Crippen molar-refractivity contribution in [2.75, 3.05) is 0 Å². The zero-order valence-electron chi connectivity index (χ0n) is 12.6. The third-order valence-electron chi connectivity index (χ3n) is 4.49. The largest absolute Gasteiger partial charge is 0.327 e. The van der Waals surface area contributed by atoms with Crippen LogP contribution >= 0.6 is 0 Å². The Morgan fingerprint density at radius 1 is 1.26 bits per heavy atom. The van der Waals surface area contributed by atoms with Gasteiger partial charge in [-0.2, -0.15) is 5.10 Å². The van der Waals surface area contributed by atoms with Crippen molar-refractivity contribution < 1.29 is 0 Å². The van der Waals surface area contributed by atoms with Gasteiger partial charge in [0.2, 0.25) is 0 Å². The molecule has 1 fully saturated rings. The summed E-state index contributed by atoms with van der Waals surface area (Å²) in [6, 6.07) is 2.51. The fourth-order valence-corrected chi connectivity index (χ4v) is 3.36. The summed E-state index contributed by atoms with van der Waals surface area (Å²) in [7, 11) is 0. The second kappa shape index (κ2) is 7.09. The quantitative estimate of drug-likeness (QED) is 0.904. The molecule has 0 aromatic carbocycles. The molecular formula is C16H29N3. The molecule has 108 valence electrons. The minimum absolute atomic E-state index is 0.305. The van der Waals surface area contributed by atoms with Crippen LogP contribution in [0.4, 0.5) is 0 Å². The highest BCUT2D eigenvalue weighted by Gasteiger charge is 2.20. The third kappa shape index (κ3) is 4.07. The Bertz CT molecular complexity index is 375. The highest BCUT2D eigenvalue weighted by molar-refractivity contribution is 5.10. The van der Waals surface area contributed by atoms with Crippen molar-refractivity contribution >= 4 is 0 Å². The van der Waals surface area contributed by atoms with E-state index in [2.05, 4.69) is 29.7 Å². The van der Waals surface area contributed by atoms with E-state index in [0.29, 0.717) is 12.0 Å². The monoisotopic (exact) mass is 263 g/mol. The van der Waals surface area contributed by atoms with E-state index < -0.39 is 0 Å². The van der Waals surface area contributed by atoms with E-state index in [9.17, 15) is 0 Å². The van der Waals surface area contributed by atoms with Gasteiger partial charge in [0.1, 0.15) is 0 Å². The first-order chi connectivity index (χ1) is 9.20. The second-order valence-electron chi connectivity index (χ2n) is 6.07. The van der Waals surface area contributed by atoms with Crippen LogP contribution in [0.15, 0.2) is 6.07 Å². The van der Waals surface area contributed by atoms with Crippen molar-refractivity contribution in [3.63, 3.8) is 0 Å². The number of nitrogens with zero attached hydrogens (tertiary/aromatic N) is 2. The van der Waals surface area contributed by atoms with Gasteiger partial charge in [-0.05, 0) is 38.7 Å². The predicted molar refractivity (Wildman–Crippen MR) is 80.1 cm³/mol. The molecule has 0 amide bonds. The Morgan fingerprint density at radius 2 is 1.89 bits per heavy atom. The van der Waals surface area contributed by atoms with Crippen LogP contribution in [0.5, 0.6) is 0 Å². The van der Waals surface area contributed by atoms with Crippen LogP contribution < -0.4 is 5.73 Å². The maximum atomic E-state index is 6.49. The molecule has 3 nitrogen and oxygen atoms in total. The van der Waals surface area contributed by atoms with Crippen LogP contribution in [0.1, 0.15) is 63.3 Å². The molecule has 1 aliphatic carbocycles. The molecule has 1 aromatic heterocycles. The summed E-state index contributed by atoms with van der Waals surface area (Å²) in [4.78, 5) is 0. The van der Waals surface area contributed by atoms with E-state index in [1.54, 1.807) is 0 Å². The fourth-order valence-electron chi connectivity index (χ4n) is 3.36. The summed E-state index contributed by atoms with van der Waals surface area (Å²) in [5, 5.41) is 4.52. The summed E-state index contributed by atoms with van der Waals surface area (Å²) >= 11 is 0. The minimum Gasteiger partial charge on any atom is -0.327 e. The predicted octanol–water partition coefficient (Wildman–Crippen LogP) is 3.44. The van der Waals surface area contributed by atoms with Gasteiger partial charge < -0.3 is 5.73 Å². The molecule has 0 spiro atoms. The van der Waals surface area contributed by atoms with E-state index in [-0.39, 0.29) is 0 Å². The molecular weight excluding hydrogens is 234 g/mol. The standard InChI is InChI=1S/C16H29N3/c1-3-19-15(11-13(2)18-19)12-16(17)14-9-7-5-4-6-8-10-14/h11,14,16H,3-10,12,17H2,1-2H3. The summed E-state index contributed by atoms with van der Waals surface area (Å²) in [5.41, 5.74) is 8.92. The van der Waals surface area contributed by atoms with Crippen LogP contribution in [-0.4, -0.2) is 15.8 Å². The topological polar surface area (TPSA) is 43.8 Å². The molecule has 19 heavy (non-hydrogen) atoms. The molecule has 2 N–H and O–H groups in total. The third-order valence-corrected chi connectivity index (χ3v) is 4.49. The smallest absolute Gasteiger partial charge is 0.0596 e. The van der Waals surface area contributed by atoms with E-state index >= 15 is 0 Å². The van der Waals surface area contributed by atoms with E-state index in [1.807, 2.05) is 0 Å². The zero-order chi connectivity index (χ0) is 13.7. The lowest BCUT2D eigenvalue weighted by Gasteiger charge is -2.26. The molecule has 0 bridgehead atoms. The summed E-state index contributed by atoms with van der Waals surface area (Å²) in [6.45, 7) is 5.16. The highest BCUT2D eigenvalue weighted by atomic mass is 15.3. The number of hydrogen-bond acceptors (Lipinski definition) is 2. The average molecular weight is 263 g/mol. The Morgan fingerprint density at radius 3 is 2.53 bits per heavy atom. The molecule has 0 radical (unpaired) electrons. The molecule has 2 rings (SSSR count). The van der Waals surface area contributed by atoms with Crippen molar-refractivity contribution in [1.29, 1.82) is 0 Å². The van der Waals surface area contributed by atoms with Crippen LogP contribution in [0.25, 0.3) is 0 Å². The van der Waals surface area contributed by atoms with Crippen molar-refractivity contribution in [3.8, 4) is 0 Å². The highest BCUT2D eigenvalue weighted by Crippen LogP contribution is 2.25. The molecule has 1 aromatic rings. The summed E-state index contributed by atoms with van der Waals surface area (Å²) in [5.74, 6) is 0.709. The Balaban J connectivity index is 1.96. The van der Waals surface area contributed by atoms with Crippen LogP contribution in [0, 0.1) is 12.8 Å². The first-order valence-electron chi connectivity index (χ1n) is 7.99. The number of aromatic nitrogens is 2.